The number of aromatic amines is 1. The highest BCUT2D eigenvalue weighted by Crippen LogP contribution is 2.51. The third kappa shape index (κ3) is 3.86. The maximum Gasteiger partial charge on any atom is 0.230 e. The number of nitrogens with zero attached hydrogens (tertiary/aromatic N) is 1. The van der Waals surface area contributed by atoms with Crippen LogP contribution in [0.2, 0.25) is 0 Å². The summed E-state index contributed by atoms with van der Waals surface area (Å²) in [7, 11) is 0. The molecule has 2 amide bonds. The summed E-state index contributed by atoms with van der Waals surface area (Å²) < 4.78 is 6.30. The molecule has 0 radical (unpaired) electrons. The number of benzene rings is 2. The molecule has 6 heteroatoms. The maximum atomic E-state index is 13.5. The normalized spacial score (nSPS) is 27.5. The number of ether oxygens (including phenoxy) is 1. The number of para-hydroxylation sites is 1. The van der Waals surface area contributed by atoms with Gasteiger partial charge in [-0.2, -0.15) is 0 Å². The van der Waals surface area contributed by atoms with Crippen LogP contribution in [0.15, 0.2) is 72.9 Å². The maximum absolute atomic E-state index is 13.5. The van der Waals surface area contributed by atoms with Crippen LogP contribution in [-0.2, 0) is 27.2 Å². The Labute approximate surface area is 205 Å². The third-order valence-corrected chi connectivity index (χ3v) is 7.90. The zero-order chi connectivity index (χ0) is 24.0. The number of aromatic nitrogens is 1. The first-order valence-electron chi connectivity index (χ1n) is 12.6. The third-order valence-electron chi connectivity index (χ3n) is 7.90. The molecular formula is C29H31N3O3. The highest BCUT2D eigenvalue weighted by Gasteiger charge is 2.66. The van der Waals surface area contributed by atoms with Gasteiger partial charge in [0.15, 0.2) is 0 Å². The lowest BCUT2D eigenvalue weighted by molar-refractivity contribution is -0.137. The number of nitrogens with one attached hydrogen (secondary N) is 2. The van der Waals surface area contributed by atoms with E-state index >= 15 is 0 Å². The van der Waals surface area contributed by atoms with Crippen molar-refractivity contribution in [3.63, 3.8) is 0 Å². The lowest BCUT2D eigenvalue weighted by Gasteiger charge is -2.25. The van der Waals surface area contributed by atoms with Crippen LogP contribution in [-0.4, -0.2) is 52.5 Å². The van der Waals surface area contributed by atoms with E-state index in [1.807, 2.05) is 60.5 Å². The molecule has 3 aliphatic rings. The first-order valence-corrected chi connectivity index (χ1v) is 12.6. The molecule has 0 unspecified atom stereocenters. The molecule has 6 rings (SSSR count). The molecule has 5 atom stereocenters. The minimum atomic E-state index is -0.669. The van der Waals surface area contributed by atoms with Gasteiger partial charge in [0.05, 0.1) is 24.5 Å². The van der Waals surface area contributed by atoms with Crippen molar-refractivity contribution in [3.05, 3.63) is 84.1 Å². The average molecular weight is 470 g/mol. The molecule has 2 aromatic carbocycles. The van der Waals surface area contributed by atoms with Crippen LogP contribution in [0.4, 0.5) is 0 Å². The number of fused-ring (bicyclic) bond motifs is 2. The van der Waals surface area contributed by atoms with Gasteiger partial charge in [-0.15, -0.1) is 0 Å². The van der Waals surface area contributed by atoms with E-state index in [-0.39, 0.29) is 24.0 Å². The second-order valence-electron chi connectivity index (χ2n) is 10.2. The molecule has 1 aromatic heterocycles. The fourth-order valence-electron chi connectivity index (χ4n) is 6.10. The molecule has 0 saturated carbocycles. The van der Waals surface area contributed by atoms with Gasteiger partial charge in [-0.05, 0) is 43.4 Å². The van der Waals surface area contributed by atoms with E-state index in [0.717, 1.165) is 24.8 Å². The van der Waals surface area contributed by atoms with E-state index in [4.69, 9.17) is 4.74 Å². The molecule has 180 valence electrons. The van der Waals surface area contributed by atoms with Crippen molar-refractivity contribution in [2.75, 3.05) is 13.1 Å². The Hall–Kier alpha value is -3.38. The molecule has 35 heavy (non-hydrogen) atoms. The van der Waals surface area contributed by atoms with E-state index in [2.05, 4.69) is 34.6 Å². The van der Waals surface area contributed by atoms with Crippen molar-refractivity contribution in [2.24, 2.45) is 11.8 Å². The van der Waals surface area contributed by atoms with E-state index < -0.39 is 17.4 Å². The fraction of sp³-hybridized carbons (Fsp3) is 0.379. The predicted molar refractivity (Wildman–Crippen MR) is 135 cm³/mol. The van der Waals surface area contributed by atoms with Gasteiger partial charge < -0.3 is 19.9 Å². The number of carbonyl (C=O) groups excluding carboxylic acids is 2. The quantitative estimate of drug-likeness (QED) is 0.495. The second-order valence-corrected chi connectivity index (χ2v) is 10.2. The standard InChI is InChI=1S/C29H31N3O3/c1-19(11-12-20-7-3-2-4-8-20)31-27(33)25-24-13-15-29(35-24)18-32(28(34)26(25)29)16-14-21-17-30-23-10-6-5-9-22(21)23/h2-10,13,15,17,19,24-26,30H,11-12,14,16,18H2,1H3,(H,31,33)/t19-,24-,25-,26-,29+/m1/s1. The summed E-state index contributed by atoms with van der Waals surface area (Å²) >= 11 is 0. The predicted octanol–water partition coefficient (Wildman–Crippen LogP) is 3.63. The van der Waals surface area contributed by atoms with Crippen LogP contribution < -0.4 is 5.32 Å². The zero-order valence-electron chi connectivity index (χ0n) is 19.9. The lowest BCUT2D eigenvalue weighted by Crippen LogP contribution is -2.46. The van der Waals surface area contributed by atoms with Crippen LogP contribution >= 0.6 is 0 Å². The number of H-pyrrole nitrogens is 1. The van der Waals surface area contributed by atoms with Crippen molar-refractivity contribution in [1.29, 1.82) is 0 Å². The Morgan fingerprint density at radius 3 is 2.83 bits per heavy atom. The van der Waals surface area contributed by atoms with Gasteiger partial charge in [-0.25, -0.2) is 0 Å². The summed E-state index contributed by atoms with van der Waals surface area (Å²) in [5.41, 5.74) is 2.89. The first kappa shape index (κ1) is 22.1. The summed E-state index contributed by atoms with van der Waals surface area (Å²) in [6.07, 6.45) is 8.23. The molecular weight excluding hydrogens is 438 g/mol. The van der Waals surface area contributed by atoms with E-state index in [1.54, 1.807) is 0 Å². The van der Waals surface area contributed by atoms with Gasteiger partial charge in [0, 0.05) is 29.7 Å². The van der Waals surface area contributed by atoms with Crippen LogP contribution in [0.25, 0.3) is 10.9 Å². The smallest absolute Gasteiger partial charge is 0.230 e. The molecule has 2 saturated heterocycles. The van der Waals surface area contributed by atoms with Gasteiger partial charge in [-0.3, -0.25) is 9.59 Å². The number of hydrogen-bond acceptors (Lipinski definition) is 3. The van der Waals surface area contributed by atoms with Gasteiger partial charge in [0.25, 0.3) is 0 Å². The minimum Gasteiger partial charge on any atom is -0.361 e. The SMILES string of the molecule is C[C@H](CCc1ccccc1)NC(=O)[C@@H]1[C@H]2C=C[C@@]3(CN(CCc4c[nH]c5ccccc45)C(=O)[C@@H]13)O2. The Balaban J connectivity index is 1.11. The van der Waals surface area contributed by atoms with Crippen LogP contribution in [0.1, 0.15) is 24.5 Å². The summed E-state index contributed by atoms with van der Waals surface area (Å²) in [6.45, 7) is 3.16. The molecule has 2 N–H and O–H groups in total. The van der Waals surface area contributed by atoms with Crippen LogP contribution in [0, 0.1) is 11.8 Å². The van der Waals surface area contributed by atoms with E-state index in [1.165, 1.54) is 16.5 Å². The Bertz CT molecular complexity index is 1280. The Morgan fingerprint density at radius 2 is 1.97 bits per heavy atom. The number of amides is 2. The van der Waals surface area contributed by atoms with Crippen molar-refractivity contribution in [1.82, 2.24) is 15.2 Å². The molecule has 6 nitrogen and oxygen atoms in total. The molecule has 4 heterocycles. The number of hydrogen-bond donors (Lipinski definition) is 2. The van der Waals surface area contributed by atoms with Gasteiger partial charge in [-0.1, -0.05) is 60.7 Å². The number of carbonyl (C=O) groups is 2. The largest absolute Gasteiger partial charge is 0.361 e. The Kier molecular flexibility index (Phi) is 5.49. The summed E-state index contributed by atoms with van der Waals surface area (Å²) in [6, 6.07) is 18.5. The zero-order valence-corrected chi connectivity index (χ0v) is 19.9. The Morgan fingerprint density at radius 1 is 1.17 bits per heavy atom. The molecule has 2 fully saturated rings. The number of likely N-dealkylation sites (tertiary alicyclic amines) is 1. The lowest BCUT2D eigenvalue weighted by atomic mass is 9.76. The monoisotopic (exact) mass is 469 g/mol. The van der Waals surface area contributed by atoms with Crippen molar-refractivity contribution >= 4 is 22.7 Å². The molecule has 3 aliphatic heterocycles. The highest BCUT2D eigenvalue weighted by atomic mass is 16.5. The molecule has 1 spiro atoms. The van der Waals surface area contributed by atoms with Crippen molar-refractivity contribution < 1.29 is 14.3 Å². The summed E-state index contributed by atoms with van der Waals surface area (Å²) in [5.74, 6) is -0.945. The van der Waals surface area contributed by atoms with Crippen LogP contribution in [0.3, 0.4) is 0 Å². The average Bonchev–Trinajstić information content (AvgIpc) is 3.62. The van der Waals surface area contributed by atoms with Crippen LogP contribution in [0.5, 0.6) is 0 Å². The highest BCUT2D eigenvalue weighted by molar-refractivity contribution is 5.93. The van der Waals surface area contributed by atoms with E-state index in [0.29, 0.717) is 13.1 Å². The van der Waals surface area contributed by atoms with Gasteiger partial charge in [0.2, 0.25) is 11.8 Å². The minimum absolute atomic E-state index is 0.0243. The van der Waals surface area contributed by atoms with Crippen molar-refractivity contribution in [3.8, 4) is 0 Å². The number of aryl methyl sites for hydroxylation is 1. The van der Waals surface area contributed by atoms with Gasteiger partial charge in [0.1, 0.15) is 5.60 Å². The topological polar surface area (TPSA) is 74.4 Å². The number of rotatable bonds is 8. The first-order chi connectivity index (χ1) is 17.0. The van der Waals surface area contributed by atoms with E-state index in [9.17, 15) is 9.59 Å². The second kappa shape index (κ2) is 8.68. The molecule has 0 aliphatic carbocycles. The fourth-order valence-corrected chi connectivity index (χ4v) is 6.10. The molecule has 2 bridgehead atoms. The summed E-state index contributed by atoms with van der Waals surface area (Å²) in [5, 5.41) is 4.36. The summed E-state index contributed by atoms with van der Waals surface area (Å²) in [4.78, 5) is 32.1. The molecule has 3 aromatic rings. The van der Waals surface area contributed by atoms with Crippen molar-refractivity contribution in [2.45, 2.75) is 43.9 Å². The van der Waals surface area contributed by atoms with Gasteiger partial charge >= 0.3 is 0 Å².